The van der Waals surface area contributed by atoms with Crippen molar-refractivity contribution in [3.63, 3.8) is 0 Å². The molecule has 1 aromatic carbocycles. The Kier molecular flexibility index (Phi) is 7.32. The van der Waals surface area contributed by atoms with E-state index >= 15 is 0 Å². The third-order valence-electron chi connectivity index (χ3n) is 3.80. The minimum atomic E-state index is 0.0516. The second-order valence-electron chi connectivity index (χ2n) is 6.25. The molecule has 1 atom stereocenters. The van der Waals surface area contributed by atoms with Crippen molar-refractivity contribution in [1.29, 1.82) is 0 Å². The van der Waals surface area contributed by atoms with Gasteiger partial charge in [0.15, 0.2) is 5.96 Å². The van der Waals surface area contributed by atoms with E-state index in [1.54, 1.807) is 7.05 Å². The first kappa shape index (κ1) is 18.8. The van der Waals surface area contributed by atoms with Crippen molar-refractivity contribution in [3.05, 3.63) is 47.8 Å². The Bertz CT molecular complexity index is 680. The monoisotopic (exact) mass is 343 g/mol. The smallest absolute Gasteiger partial charge is 0.191 e. The Labute approximate surface area is 150 Å². The Hall–Kier alpha value is -2.50. The summed E-state index contributed by atoms with van der Waals surface area (Å²) in [5.41, 5.74) is 2.45. The first-order valence-corrected chi connectivity index (χ1v) is 8.72. The molecule has 1 unspecified atom stereocenters. The van der Waals surface area contributed by atoms with Crippen LogP contribution in [-0.4, -0.2) is 42.0 Å². The quantitative estimate of drug-likeness (QED) is 0.439. The van der Waals surface area contributed by atoms with E-state index in [0.717, 1.165) is 31.1 Å². The Morgan fingerprint density at radius 2 is 2.20 bits per heavy atom. The fraction of sp³-hybridized carbons (Fsp3) is 0.474. The molecule has 0 amide bonds. The zero-order valence-corrected chi connectivity index (χ0v) is 15.6. The number of aromatic nitrogens is 2. The molecule has 0 bridgehead atoms. The van der Waals surface area contributed by atoms with Gasteiger partial charge >= 0.3 is 0 Å². The van der Waals surface area contributed by atoms with Crippen molar-refractivity contribution < 1.29 is 4.74 Å². The largest absolute Gasteiger partial charge is 0.489 e. The van der Waals surface area contributed by atoms with Crippen LogP contribution >= 0.6 is 0 Å². The molecule has 0 aliphatic rings. The van der Waals surface area contributed by atoms with Crippen molar-refractivity contribution >= 4 is 5.96 Å². The number of hydrogen-bond donors (Lipinski definition) is 2. The minimum absolute atomic E-state index is 0.0516. The average Bonchev–Trinajstić information content (AvgIpc) is 2.99. The van der Waals surface area contributed by atoms with E-state index < -0.39 is 0 Å². The SMILES string of the molecule is CN=C(NCCCc1cnn(C)c1)NCC(C)Oc1cccc(C)c1. The molecule has 1 heterocycles. The van der Waals surface area contributed by atoms with Gasteiger partial charge in [-0.25, -0.2) is 0 Å². The molecular weight excluding hydrogens is 314 g/mol. The molecule has 0 saturated heterocycles. The van der Waals surface area contributed by atoms with Crippen LogP contribution in [0.1, 0.15) is 24.5 Å². The van der Waals surface area contributed by atoms with Gasteiger partial charge in [0.1, 0.15) is 11.9 Å². The molecule has 6 nitrogen and oxygen atoms in total. The molecule has 136 valence electrons. The number of ether oxygens (including phenoxy) is 1. The summed E-state index contributed by atoms with van der Waals surface area (Å²) in [6.45, 7) is 5.66. The lowest BCUT2D eigenvalue weighted by Crippen LogP contribution is -2.42. The van der Waals surface area contributed by atoms with Crippen LogP contribution in [0.4, 0.5) is 0 Å². The summed E-state index contributed by atoms with van der Waals surface area (Å²) in [6.07, 6.45) is 6.05. The number of nitrogens with one attached hydrogen (secondary N) is 2. The van der Waals surface area contributed by atoms with E-state index in [1.165, 1.54) is 11.1 Å². The molecule has 25 heavy (non-hydrogen) atoms. The summed E-state index contributed by atoms with van der Waals surface area (Å²) in [4.78, 5) is 4.25. The predicted molar refractivity (Wildman–Crippen MR) is 102 cm³/mol. The summed E-state index contributed by atoms with van der Waals surface area (Å²) in [7, 11) is 3.72. The lowest BCUT2D eigenvalue weighted by Gasteiger charge is -2.18. The molecule has 0 fully saturated rings. The average molecular weight is 343 g/mol. The van der Waals surface area contributed by atoms with Crippen LogP contribution in [0.3, 0.4) is 0 Å². The Morgan fingerprint density at radius 1 is 1.36 bits per heavy atom. The maximum atomic E-state index is 5.92. The number of hydrogen-bond acceptors (Lipinski definition) is 3. The van der Waals surface area contributed by atoms with Crippen molar-refractivity contribution in [2.24, 2.45) is 12.0 Å². The molecule has 0 radical (unpaired) electrons. The van der Waals surface area contributed by atoms with Gasteiger partial charge in [0, 0.05) is 26.8 Å². The van der Waals surface area contributed by atoms with Crippen LogP contribution in [0.5, 0.6) is 5.75 Å². The number of rotatable bonds is 8. The van der Waals surface area contributed by atoms with Gasteiger partial charge in [-0.15, -0.1) is 0 Å². The van der Waals surface area contributed by atoms with Gasteiger partial charge in [-0.05, 0) is 49.9 Å². The van der Waals surface area contributed by atoms with E-state index in [0.29, 0.717) is 6.54 Å². The van der Waals surface area contributed by atoms with Crippen LogP contribution in [0.2, 0.25) is 0 Å². The van der Waals surface area contributed by atoms with Crippen LogP contribution < -0.4 is 15.4 Å². The molecule has 0 saturated carbocycles. The van der Waals surface area contributed by atoms with E-state index in [2.05, 4.69) is 39.9 Å². The van der Waals surface area contributed by atoms with Crippen LogP contribution in [0, 0.1) is 6.92 Å². The minimum Gasteiger partial charge on any atom is -0.489 e. The second-order valence-corrected chi connectivity index (χ2v) is 6.25. The standard InChI is InChI=1S/C19H29N5O/c1-15-7-5-9-18(11-15)25-16(2)12-22-19(20-3)21-10-6-8-17-13-23-24(4)14-17/h5,7,9,11,13-14,16H,6,8,10,12H2,1-4H3,(H2,20,21,22). The first-order valence-electron chi connectivity index (χ1n) is 8.72. The highest BCUT2D eigenvalue weighted by Gasteiger charge is 2.06. The zero-order chi connectivity index (χ0) is 18.1. The molecule has 0 aliphatic heterocycles. The number of guanidine groups is 1. The first-order chi connectivity index (χ1) is 12.1. The fourth-order valence-electron chi connectivity index (χ4n) is 2.52. The van der Waals surface area contributed by atoms with Crippen molar-refractivity contribution in [2.75, 3.05) is 20.1 Å². The third-order valence-corrected chi connectivity index (χ3v) is 3.80. The Balaban J connectivity index is 1.65. The highest BCUT2D eigenvalue weighted by Crippen LogP contribution is 2.13. The van der Waals surface area contributed by atoms with E-state index in [1.807, 2.05) is 43.0 Å². The molecule has 6 heteroatoms. The second kappa shape index (κ2) is 9.71. The number of nitrogens with zero attached hydrogens (tertiary/aromatic N) is 3. The van der Waals surface area contributed by atoms with Gasteiger partial charge in [-0.3, -0.25) is 9.67 Å². The van der Waals surface area contributed by atoms with Gasteiger partial charge in [0.05, 0.1) is 12.7 Å². The van der Waals surface area contributed by atoms with Gasteiger partial charge in [0.2, 0.25) is 0 Å². The molecule has 2 rings (SSSR count). The van der Waals surface area contributed by atoms with Gasteiger partial charge in [0.25, 0.3) is 0 Å². The van der Waals surface area contributed by atoms with Crippen molar-refractivity contribution in [1.82, 2.24) is 20.4 Å². The highest BCUT2D eigenvalue weighted by molar-refractivity contribution is 5.79. The summed E-state index contributed by atoms with van der Waals surface area (Å²) >= 11 is 0. The molecule has 1 aromatic heterocycles. The topological polar surface area (TPSA) is 63.5 Å². The van der Waals surface area contributed by atoms with Gasteiger partial charge in [-0.2, -0.15) is 5.10 Å². The molecule has 0 spiro atoms. The number of aliphatic imine (C=N–C) groups is 1. The van der Waals surface area contributed by atoms with Crippen LogP contribution in [0.15, 0.2) is 41.7 Å². The number of aryl methyl sites for hydroxylation is 3. The molecule has 2 aromatic rings. The maximum absolute atomic E-state index is 5.92. The van der Waals surface area contributed by atoms with Crippen LogP contribution in [-0.2, 0) is 13.5 Å². The van der Waals surface area contributed by atoms with Gasteiger partial charge in [-0.1, -0.05) is 12.1 Å². The maximum Gasteiger partial charge on any atom is 0.191 e. The molecule has 2 N–H and O–H groups in total. The number of benzene rings is 1. The van der Waals surface area contributed by atoms with E-state index in [4.69, 9.17) is 4.74 Å². The lowest BCUT2D eigenvalue weighted by atomic mass is 10.2. The van der Waals surface area contributed by atoms with Gasteiger partial charge < -0.3 is 15.4 Å². The Morgan fingerprint density at radius 3 is 2.88 bits per heavy atom. The van der Waals surface area contributed by atoms with Crippen molar-refractivity contribution in [2.45, 2.75) is 32.8 Å². The summed E-state index contributed by atoms with van der Waals surface area (Å²) in [5.74, 6) is 1.69. The van der Waals surface area contributed by atoms with E-state index in [9.17, 15) is 0 Å². The normalized spacial score (nSPS) is 12.7. The van der Waals surface area contributed by atoms with Crippen molar-refractivity contribution in [3.8, 4) is 5.75 Å². The summed E-state index contributed by atoms with van der Waals surface area (Å²) in [6, 6.07) is 8.09. The zero-order valence-electron chi connectivity index (χ0n) is 15.6. The fourth-order valence-corrected chi connectivity index (χ4v) is 2.52. The lowest BCUT2D eigenvalue weighted by molar-refractivity contribution is 0.223. The predicted octanol–water partition coefficient (Wildman–Crippen LogP) is 2.29. The third kappa shape index (κ3) is 6.87. The highest BCUT2D eigenvalue weighted by atomic mass is 16.5. The summed E-state index contributed by atoms with van der Waals surface area (Å²) < 4.78 is 7.75. The van der Waals surface area contributed by atoms with Crippen LogP contribution in [0.25, 0.3) is 0 Å². The summed E-state index contributed by atoms with van der Waals surface area (Å²) in [5, 5.41) is 10.8. The van der Waals surface area contributed by atoms with E-state index in [-0.39, 0.29) is 6.10 Å². The molecule has 0 aliphatic carbocycles. The molecular formula is C19H29N5O.